The smallest absolute Gasteiger partial charge is 0.225 e. The van der Waals surface area contributed by atoms with Crippen LogP contribution in [0.1, 0.15) is 78.1 Å². The first kappa shape index (κ1) is 22.7. The van der Waals surface area contributed by atoms with E-state index in [9.17, 15) is 9.59 Å². The van der Waals surface area contributed by atoms with Crippen LogP contribution < -0.4 is 10.6 Å². The van der Waals surface area contributed by atoms with E-state index < -0.39 is 0 Å². The van der Waals surface area contributed by atoms with E-state index in [2.05, 4.69) is 35.5 Å². The third kappa shape index (κ3) is 3.30. The molecule has 5 aliphatic rings. The van der Waals surface area contributed by atoms with E-state index in [1.807, 2.05) is 30.5 Å². The van der Waals surface area contributed by atoms with Crippen LogP contribution in [0.15, 0.2) is 36.5 Å². The summed E-state index contributed by atoms with van der Waals surface area (Å²) in [6.45, 7) is 5.01. The maximum atomic E-state index is 13.2. The molecule has 2 heterocycles. The first-order chi connectivity index (χ1) is 17.3. The van der Waals surface area contributed by atoms with Crippen LogP contribution in [0.2, 0.25) is 0 Å². The van der Waals surface area contributed by atoms with Gasteiger partial charge in [0.2, 0.25) is 11.8 Å². The number of carbonyl (C=O) groups is 2. The van der Waals surface area contributed by atoms with Crippen molar-refractivity contribution in [2.45, 2.75) is 84.1 Å². The molecule has 1 aromatic heterocycles. The minimum absolute atomic E-state index is 0.108. The summed E-state index contributed by atoms with van der Waals surface area (Å²) >= 11 is 0. The Balaban J connectivity index is 1.09. The number of amides is 2. The predicted octanol–water partition coefficient (Wildman–Crippen LogP) is 6.09. The number of anilines is 1. The molecule has 2 N–H and O–H groups in total. The Bertz CT molecular complexity index is 1240. The molecule has 1 saturated heterocycles. The highest BCUT2D eigenvalue weighted by atomic mass is 16.2. The first-order valence-electron chi connectivity index (χ1n) is 14.2. The SMILES string of the molecule is C[C@]12CCC(=O)NC1C1(CC1)CC1C2CC[C@]2(C)[C@@H](CC(=O)Nc3cc4ccccc4cn3)CC[C@@H]12. The summed E-state index contributed by atoms with van der Waals surface area (Å²) in [5, 5.41) is 8.79. The molecule has 2 amide bonds. The molecular formula is C31H39N3O2. The van der Waals surface area contributed by atoms with E-state index in [1.54, 1.807) is 0 Å². The van der Waals surface area contributed by atoms with Gasteiger partial charge in [0.1, 0.15) is 5.82 Å². The third-order valence-corrected chi connectivity index (χ3v) is 11.8. The van der Waals surface area contributed by atoms with Crippen molar-refractivity contribution in [3.05, 3.63) is 36.5 Å². The molecule has 5 heteroatoms. The van der Waals surface area contributed by atoms with Crippen LogP contribution in [0.5, 0.6) is 0 Å². The van der Waals surface area contributed by atoms with Crippen molar-refractivity contribution >= 4 is 28.4 Å². The van der Waals surface area contributed by atoms with E-state index in [0.29, 0.717) is 47.9 Å². The Morgan fingerprint density at radius 3 is 2.61 bits per heavy atom. The average molecular weight is 486 g/mol. The van der Waals surface area contributed by atoms with Crippen molar-refractivity contribution in [2.75, 3.05) is 5.32 Å². The van der Waals surface area contributed by atoms with Gasteiger partial charge in [0, 0.05) is 30.5 Å². The Morgan fingerprint density at radius 2 is 1.81 bits per heavy atom. The number of fused-ring (bicyclic) bond motifs is 7. The van der Waals surface area contributed by atoms with Gasteiger partial charge in [-0.3, -0.25) is 9.59 Å². The number of pyridine rings is 1. The molecule has 1 aliphatic heterocycles. The molecule has 7 rings (SSSR count). The summed E-state index contributed by atoms with van der Waals surface area (Å²) in [6.07, 6.45) is 12.9. The third-order valence-electron chi connectivity index (χ3n) is 11.8. The molecule has 0 radical (unpaired) electrons. The monoisotopic (exact) mass is 485 g/mol. The van der Waals surface area contributed by atoms with Crippen molar-refractivity contribution in [3.8, 4) is 0 Å². The molecule has 3 unspecified atom stereocenters. The second-order valence-corrected chi connectivity index (χ2v) is 13.4. The lowest BCUT2D eigenvalue weighted by atomic mass is 9.44. The molecule has 5 fully saturated rings. The number of carbonyl (C=O) groups excluding carboxylic acids is 2. The number of nitrogens with one attached hydrogen (secondary N) is 2. The van der Waals surface area contributed by atoms with Crippen LogP contribution in [0, 0.1) is 39.9 Å². The van der Waals surface area contributed by atoms with Gasteiger partial charge >= 0.3 is 0 Å². The van der Waals surface area contributed by atoms with Gasteiger partial charge in [-0.2, -0.15) is 0 Å². The van der Waals surface area contributed by atoms with Gasteiger partial charge in [0.05, 0.1) is 0 Å². The van der Waals surface area contributed by atoms with Crippen molar-refractivity contribution in [1.29, 1.82) is 0 Å². The zero-order valence-corrected chi connectivity index (χ0v) is 21.7. The van der Waals surface area contributed by atoms with E-state index in [4.69, 9.17) is 0 Å². The quantitative estimate of drug-likeness (QED) is 0.553. The molecule has 5 nitrogen and oxygen atoms in total. The van der Waals surface area contributed by atoms with Crippen LogP contribution in [0.25, 0.3) is 10.8 Å². The minimum atomic E-state index is 0.108. The molecule has 2 aromatic rings. The fourth-order valence-electron chi connectivity index (χ4n) is 9.82. The zero-order valence-electron chi connectivity index (χ0n) is 21.7. The summed E-state index contributed by atoms with van der Waals surface area (Å²) in [7, 11) is 0. The summed E-state index contributed by atoms with van der Waals surface area (Å²) in [4.78, 5) is 30.0. The van der Waals surface area contributed by atoms with Crippen LogP contribution in [0.3, 0.4) is 0 Å². The zero-order chi connectivity index (χ0) is 24.7. The molecule has 190 valence electrons. The molecule has 7 atom stereocenters. The van der Waals surface area contributed by atoms with Gasteiger partial charge < -0.3 is 10.6 Å². The largest absolute Gasteiger partial charge is 0.352 e. The predicted molar refractivity (Wildman–Crippen MR) is 141 cm³/mol. The van der Waals surface area contributed by atoms with Gasteiger partial charge in [-0.1, -0.05) is 38.1 Å². The lowest BCUT2D eigenvalue weighted by molar-refractivity contribution is -0.147. The van der Waals surface area contributed by atoms with E-state index in [1.165, 1.54) is 38.5 Å². The maximum absolute atomic E-state index is 13.2. The number of benzene rings is 1. The van der Waals surface area contributed by atoms with Crippen LogP contribution in [0.4, 0.5) is 5.82 Å². The minimum Gasteiger partial charge on any atom is -0.352 e. The molecule has 1 aromatic carbocycles. The number of hydrogen-bond donors (Lipinski definition) is 2. The van der Waals surface area contributed by atoms with Crippen molar-refractivity contribution in [3.63, 3.8) is 0 Å². The van der Waals surface area contributed by atoms with Crippen LogP contribution >= 0.6 is 0 Å². The number of aromatic nitrogens is 1. The van der Waals surface area contributed by atoms with E-state index >= 15 is 0 Å². The molecule has 0 bridgehead atoms. The van der Waals surface area contributed by atoms with Crippen molar-refractivity contribution in [1.82, 2.24) is 10.3 Å². The molecule has 36 heavy (non-hydrogen) atoms. The topological polar surface area (TPSA) is 71.1 Å². The van der Waals surface area contributed by atoms with E-state index in [0.717, 1.165) is 29.5 Å². The Hall–Kier alpha value is -2.43. The summed E-state index contributed by atoms with van der Waals surface area (Å²) in [6, 6.07) is 10.5. The second-order valence-electron chi connectivity index (χ2n) is 13.4. The first-order valence-corrected chi connectivity index (χ1v) is 14.2. The molecule has 4 saturated carbocycles. The van der Waals surface area contributed by atoms with Crippen molar-refractivity contribution < 1.29 is 9.59 Å². The Morgan fingerprint density at radius 1 is 1.03 bits per heavy atom. The van der Waals surface area contributed by atoms with Crippen LogP contribution in [-0.4, -0.2) is 22.8 Å². The highest BCUT2D eigenvalue weighted by Crippen LogP contribution is 2.72. The molecular weight excluding hydrogens is 446 g/mol. The van der Waals surface area contributed by atoms with Gasteiger partial charge in [-0.05, 0) is 103 Å². The molecule has 1 spiro atoms. The highest BCUT2D eigenvalue weighted by molar-refractivity contribution is 5.92. The number of rotatable bonds is 3. The van der Waals surface area contributed by atoms with Gasteiger partial charge in [0.15, 0.2) is 0 Å². The summed E-state index contributed by atoms with van der Waals surface area (Å²) < 4.78 is 0. The summed E-state index contributed by atoms with van der Waals surface area (Å²) in [5.74, 6) is 3.64. The lowest BCUT2D eigenvalue weighted by Crippen LogP contribution is -2.65. The average Bonchev–Trinajstić information content (AvgIpc) is 3.55. The standard InChI is InChI=1S/C31H39N3O2/c1-29-11-9-24-22(17-31(13-14-31)28-30(24,2)12-10-26(35)34-28)23(29)8-7-21(29)16-27(36)33-25-15-19-5-3-4-6-20(19)18-32-25/h3-6,15,18,21-24,28H,7-14,16-17H2,1-2H3,(H,34,35)(H,32,33,36)/t21-,22?,23+,24?,28?,29-,30-/m1/s1. The summed E-state index contributed by atoms with van der Waals surface area (Å²) in [5.41, 5.74) is 0.833. The molecule has 4 aliphatic carbocycles. The second kappa shape index (κ2) is 7.79. The number of piperidine rings is 1. The van der Waals surface area contributed by atoms with Crippen LogP contribution in [-0.2, 0) is 9.59 Å². The van der Waals surface area contributed by atoms with Gasteiger partial charge in [0.25, 0.3) is 0 Å². The normalized spacial score (nSPS) is 40.2. The fourth-order valence-corrected chi connectivity index (χ4v) is 9.82. The lowest BCUT2D eigenvalue weighted by Gasteiger charge is -2.63. The van der Waals surface area contributed by atoms with Crippen molar-refractivity contribution in [2.24, 2.45) is 39.9 Å². The Kier molecular flexibility index (Phi) is 4.92. The number of nitrogens with zero attached hydrogens (tertiary/aromatic N) is 1. The van der Waals surface area contributed by atoms with Gasteiger partial charge in [-0.15, -0.1) is 0 Å². The maximum Gasteiger partial charge on any atom is 0.225 e. The fraction of sp³-hybridized carbons (Fsp3) is 0.645. The number of hydrogen-bond acceptors (Lipinski definition) is 3. The Labute approximate surface area is 214 Å². The van der Waals surface area contributed by atoms with Gasteiger partial charge in [-0.25, -0.2) is 4.98 Å². The highest BCUT2D eigenvalue weighted by Gasteiger charge is 2.68. The van der Waals surface area contributed by atoms with E-state index in [-0.39, 0.29) is 22.6 Å².